The Hall–Kier alpha value is -1.77. The van der Waals surface area contributed by atoms with E-state index in [0.29, 0.717) is 12.5 Å². The number of urea groups is 1. The molecule has 0 spiro atoms. The molecule has 0 unspecified atom stereocenters. The van der Waals surface area contributed by atoms with Crippen molar-refractivity contribution in [2.24, 2.45) is 5.92 Å². The van der Waals surface area contributed by atoms with Gasteiger partial charge in [-0.25, -0.2) is 4.79 Å². The summed E-state index contributed by atoms with van der Waals surface area (Å²) in [6.45, 7) is 10.9. The second-order valence-electron chi connectivity index (χ2n) is 5.08. The van der Waals surface area contributed by atoms with E-state index in [-0.39, 0.29) is 6.03 Å². The Bertz CT molecular complexity index is 464. The summed E-state index contributed by atoms with van der Waals surface area (Å²) in [6.07, 6.45) is 1.80. The molecule has 0 aliphatic rings. The Labute approximate surface area is 116 Å². The Kier molecular flexibility index (Phi) is 5.61. The fraction of sp³-hybridized carbons (Fsp3) is 0.438. The van der Waals surface area contributed by atoms with Crippen LogP contribution in [0.15, 0.2) is 36.0 Å². The smallest absolute Gasteiger partial charge is 0.314 e. The van der Waals surface area contributed by atoms with Crippen LogP contribution in [0, 0.1) is 12.8 Å². The number of aryl methyl sites for hydroxylation is 1. The number of allylic oxidation sites excluding steroid dienone is 1. The first-order valence-corrected chi connectivity index (χ1v) is 6.77. The first kappa shape index (κ1) is 15.3. The highest BCUT2D eigenvalue weighted by molar-refractivity contribution is 5.92. The fourth-order valence-corrected chi connectivity index (χ4v) is 1.66. The Morgan fingerprint density at radius 3 is 2.63 bits per heavy atom. The van der Waals surface area contributed by atoms with E-state index < -0.39 is 0 Å². The van der Waals surface area contributed by atoms with Gasteiger partial charge in [-0.2, -0.15) is 0 Å². The predicted molar refractivity (Wildman–Crippen MR) is 81.3 cm³/mol. The fourth-order valence-electron chi connectivity index (χ4n) is 1.66. The molecule has 0 aliphatic carbocycles. The normalized spacial score (nSPS) is 11.6. The lowest BCUT2D eigenvalue weighted by molar-refractivity contribution is 0.249. The van der Waals surface area contributed by atoms with E-state index in [1.165, 1.54) is 0 Å². The molecule has 1 aromatic rings. The molecule has 1 rings (SSSR count). The lowest BCUT2D eigenvalue weighted by Gasteiger charge is -2.21. The molecule has 3 heteroatoms. The minimum absolute atomic E-state index is 0.0897. The van der Waals surface area contributed by atoms with Crippen molar-refractivity contribution in [1.29, 1.82) is 0 Å². The van der Waals surface area contributed by atoms with Gasteiger partial charge in [0.2, 0.25) is 0 Å². The summed E-state index contributed by atoms with van der Waals surface area (Å²) in [5.74, 6) is 0.439. The molecule has 0 radical (unpaired) electrons. The van der Waals surface area contributed by atoms with Crippen LogP contribution in [-0.4, -0.2) is 12.6 Å². The minimum Gasteiger partial charge on any atom is -0.314 e. The first-order valence-electron chi connectivity index (χ1n) is 6.77. The van der Waals surface area contributed by atoms with Gasteiger partial charge >= 0.3 is 6.03 Å². The maximum Gasteiger partial charge on any atom is 0.325 e. The first-order chi connectivity index (χ1) is 8.95. The van der Waals surface area contributed by atoms with Crippen LogP contribution in [0.25, 0.3) is 0 Å². The number of nitrogens with zero attached hydrogens (tertiary/aromatic N) is 1. The Morgan fingerprint density at radius 1 is 1.42 bits per heavy atom. The number of carbonyl (C=O) groups is 1. The lowest BCUT2D eigenvalue weighted by Crippen LogP contribution is -2.37. The van der Waals surface area contributed by atoms with E-state index in [9.17, 15) is 4.79 Å². The van der Waals surface area contributed by atoms with Gasteiger partial charge in [-0.15, -0.1) is 0 Å². The maximum absolute atomic E-state index is 12.2. The zero-order valence-electron chi connectivity index (χ0n) is 12.5. The molecule has 0 saturated carbocycles. The van der Waals surface area contributed by atoms with E-state index in [0.717, 1.165) is 16.8 Å². The van der Waals surface area contributed by atoms with Gasteiger partial charge in [-0.1, -0.05) is 31.6 Å². The third-order valence-electron chi connectivity index (χ3n) is 3.21. The third-order valence-corrected chi connectivity index (χ3v) is 3.21. The second-order valence-corrected chi connectivity index (χ2v) is 5.08. The van der Waals surface area contributed by atoms with Crippen molar-refractivity contribution in [2.45, 2.75) is 34.6 Å². The monoisotopic (exact) mass is 260 g/mol. The summed E-state index contributed by atoms with van der Waals surface area (Å²) in [4.78, 5) is 13.9. The van der Waals surface area contributed by atoms with E-state index >= 15 is 0 Å². The summed E-state index contributed by atoms with van der Waals surface area (Å²) in [7, 11) is 0. The van der Waals surface area contributed by atoms with Gasteiger partial charge in [-0.05, 0) is 44.4 Å². The Morgan fingerprint density at radius 2 is 2.11 bits per heavy atom. The highest BCUT2D eigenvalue weighted by atomic mass is 16.2. The number of nitrogens with one attached hydrogen (secondary N) is 1. The van der Waals surface area contributed by atoms with Crippen molar-refractivity contribution >= 4 is 11.7 Å². The van der Waals surface area contributed by atoms with Gasteiger partial charge in [0, 0.05) is 18.4 Å². The van der Waals surface area contributed by atoms with Crippen molar-refractivity contribution in [3.05, 3.63) is 41.6 Å². The molecule has 0 heterocycles. The quantitative estimate of drug-likeness (QED) is 0.868. The number of rotatable bonds is 4. The number of carbonyl (C=O) groups excluding carboxylic acids is 1. The SMILES string of the molecule is CCN(C(=O)N/C=C(\C)C(C)C)c1cccc(C)c1. The molecule has 0 aromatic heterocycles. The summed E-state index contributed by atoms with van der Waals surface area (Å²) >= 11 is 0. The van der Waals surface area contributed by atoms with Gasteiger partial charge < -0.3 is 5.32 Å². The maximum atomic E-state index is 12.2. The number of hydrogen-bond acceptors (Lipinski definition) is 1. The molecule has 1 N–H and O–H groups in total. The molecule has 2 amide bonds. The van der Waals surface area contributed by atoms with Crippen LogP contribution < -0.4 is 10.2 Å². The third kappa shape index (κ3) is 4.43. The molecule has 3 nitrogen and oxygen atoms in total. The van der Waals surface area contributed by atoms with E-state index in [4.69, 9.17) is 0 Å². The number of amides is 2. The molecular weight excluding hydrogens is 236 g/mol. The summed E-state index contributed by atoms with van der Waals surface area (Å²) in [6, 6.07) is 7.87. The van der Waals surface area contributed by atoms with Crippen molar-refractivity contribution in [2.75, 3.05) is 11.4 Å². The van der Waals surface area contributed by atoms with Crippen molar-refractivity contribution in [1.82, 2.24) is 5.32 Å². The summed E-state index contributed by atoms with van der Waals surface area (Å²) in [5, 5.41) is 2.86. The summed E-state index contributed by atoms with van der Waals surface area (Å²) < 4.78 is 0. The van der Waals surface area contributed by atoms with E-state index in [1.54, 1.807) is 11.1 Å². The zero-order chi connectivity index (χ0) is 14.4. The van der Waals surface area contributed by atoms with Crippen LogP contribution in [0.5, 0.6) is 0 Å². The van der Waals surface area contributed by atoms with Gasteiger partial charge in [0.25, 0.3) is 0 Å². The standard InChI is InChI=1S/C16H24N2O/c1-6-18(15-9-7-8-13(4)10-15)16(19)17-11-14(5)12(2)3/h7-12H,6H2,1-5H3,(H,17,19)/b14-11+. The van der Waals surface area contributed by atoms with Crippen LogP contribution in [0.3, 0.4) is 0 Å². The molecule has 0 aliphatic heterocycles. The van der Waals surface area contributed by atoms with Crippen molar-refractivity contribution < 1.29 is 4.79 Å². The molecular formula is C16H24N2O. The highest BCUT2D eigenvalue weighted by Crippen LogP contribution is 2.16. The van der Waals surface area contributed by atoms with Gasteiger partial charge in [-0.3, -0.25) is 4.90 Å². The Balaban J connectivity index is 2.81. The molecule has 0 saturated heterocycles. The van der Waals surface area contributed by atoms with Crippen molar-refractivity contribution in [3.63, 3.8) is 0 Å². The molecule has 104 valence electrons. The van der Waals surface area contributed by atoms with Crippen LogP contribution in [-0.2, 0) is 0 Å². The van der Waals surface area contributed by atoms with Crippen LogP contribution in [0.2, 0.25) is 0 Å². The molecule has 0 bridgehead atoms. The van der Waals surface area contributed by atoms with Crippen molar-refractivity contribution in [3.8, 4) is 0 Å². The predicted octanol–water partition coefficient (Wildman–Crippen LogP) is 4.09. The average molecular weight is 260 g/mol. The topological polar surface area (TPSA) is 32.3 Å². The van der Waals surface area contributed by atoms with Crippen LogP contribution in [0.1, 0.15) is 33.3 Å². The zero-order valence-corrected chi connectivity index (χ0v) is 12.5. The minimum atomic E-state index is -0.0897. The number of anilines is 1. The summed E-state index contributed by atoms with van der Waals surface area (Å²) in [5.41, 5.74) is 3.24. The van der Waals surface area contributed by atoms with Crippen LogP contribution >= 0.6 is 0 Å². The van der Waals surface area contributed by atoms with Gasteiger partial charge in [0.1, 0.15) is 0 Å². The van der Waals surface area contributed by atoms with Gasteiger partial charge in [0.05, 0.1) is 0 Å². The largest absolute Gasteiger partial charge is 0.325 e. The molecule has 0 fully saturated rings. The van der Waals surface area contributed by atoms with Crippen LogP contribution in [0.4, 0.5) is 10.5 Å². The van der Waals surface area contributed by atoms with E-state index in [1.807, 2.05) is 45.0 Å². The number of benzene rings is 1. The molecule has 1 aromatic carbocycles. The molecule has 19 heavy (non-hydrogen) atoms. The second kappa shape index (κ2) is 6.98. The van der Waals surface area contributed by atoms with Gasteiger partial charge in [0.15, 0.2) is 0 Å². The van der Waals surface area contributed by atoms with E-state index in [2.05, 4.69) is 19.2 Å². The molecule has 0 atom stereocenters. The average Bonchev–Trinajstić information content (AvgIpc) is 2.36. The number of hydrogen-bond donors (Lipinski definition) is 1. The lowest BCUT2D eigenvalue weighted by atomic mass is 10.1. The highest BCUT2D eigenvalue weighted by Gasteiger charge is 2.12.